The Balaban J connectivity index is 2.20. The van der Waals surface area contributed by atoms with Gasteiger partial charge in [-0.2, -0.15) is 0 Å². The maximum absolute atomic E-state index is 12.3. The number of hydrogen-bond donors (Lipinski definition) is 0. The van der Waals surface area contributed by atoms with Gasteiger partial charge in [0, 0.05) is 29.5 Å². The molecule has 1 amide bonds. The van der Waals surface area contributed by atoms with Gasteiger partial charge >= 0.3 is 0 Å². The van der Waals surface area contributed by atoms with Crippen LogP contribution in [-0.4, -0.2) is 27.3 Å². The van der Waals surface area contributed by atoms with Crippen LogP contribution < -0.4 is 0 Å². The van der Waals surface area contributed by atoms with Gasteiger partial charge in [-0.25, -0.2) is 0 Å². The standard InChI is InChI=1S/C19H24Cl2N2O/c1-14(2)15(3)23(19(24)11-20)13-18-8-5-9-22(18)12-16-6-4-7-17(21)10-16/h4-10,14-15H,11-13H2,1-3H3. The van der Waals surface area contributed by atoms with Gasteiger partial charge in [-0.05, 0) is 42.7 Å². The molecule has 0 saturated heterocycles. The van der Waals surface area contributed by atoms with Crippen LogP contribution >= 0.6 is 23.2 Å². The molecule has 3 nitrogen and oxygen atoms in total. The van der Waals surface area contributed by atoms with Crippen molar-refractivity contribution in [3.63, 3.8) is 0 Å². The molecular weight excluding hydrogens is 343 g/mol. The number of rotatable bonds is 7. The minimum Gasteiger partial charge on any atom is -0.345 e. The lowest BCUT2D eigenvalue weighted by atomic mass is 10.0. The average Bonchev–Trinajstić information content (AvgIpc) is 2.98. The van der Waals surface area contributed by atoms with Crippen LogP contribution in [0.1, 0.15) is 32.0 Å². The van der Waals surface area contributed by atoms with Crippen LogP contribution in [0.3, 0.4) is 0 Å². The highest BCUT2D eigenvalue weighted by atomic mass is 35.5. The molecule has 2 aromatic rings. The van der Waals surface area contributed by atoms with Crippen molar-refractivity contribution >= 4 is 29.1 Å². The first-order valence-corrected chi connectivity index (χ1v) is 9.07. The molecule has 1 heterocycles. The van der Waals surface area contributed by atoms with Crippen molar-refractivity contribution in [3.05, 3.63) is 58.9 Å². The van der Waals surface area contributed by atoms with E-state index in [-0.39, 0.29) is 17.8 Å². The van der Waals surface area contributed by atoms with Crippen molar-refractivity contribution in [1.29, 1.82) is 0 Å². The minimum atomic E-state index is -0.0339. The second kappa shape index (κ2) is 8.59. The lowest BCUT2D eigenvalue weighted by Crippen LogP contribution is -2.42. The van der Waals surface area contributed by atoms with Crippen LogP contribution in [0.25, 0.3) is 0 Å². The average molecular weight is 367 g/mol. The maximum atomic E-state index is 12.3. The summed E-state index contributed by atoms with van der Waals surface area (Å²) in [6.07, 6.45) is 2.03. The van der Waals surface area contributed by atoms with E-state index < -0.39 is 0 Å². The Morgan fingerprint density at radius 1 is 1.21 bits per heavy atom. The molecule has 24 heavy (non-hydrogen) atoms. The largest absolute Gasteiger partial charge is 0.345 e. The van der Waals surface area contributed by atoms with Gasteiger partial charge in [-0.15, -0.1) is 11.6 Å². The summed E-state index contributed by atoms with van der Waals surface area (Å²) in [6.45, 7) is 7.58. The molecule has 0 aliphatic rings. The fourth-order valence-electron chi connectivity index (χ4n) is 2.65. The summed E-state index contributed by atoms with van der Waals surface area (Å²) < 4.78 is 2.15. The van der Waals surface area contributed by atoms with E-state index in [9.17, 15) is 4.79 Å². The topological polar surface area (TPSA) is 25.2 Å². The molecule has 130 valence electrons. The van der Waals surface area contributed by atoms with Crippen molar-refractivity contribution in [1.82, 2.24) is 9.47 Å². The number of carbonyl (C=O) groups excluding carboxylic acids is 1. The van der Waals surface area contributed by atoms with E-state index in [1.54, 1.807) is 0 Å². The quantitative estimate of drug-likeness (QED) is 0.645. The van der Waals surface area contributed by atoms with E-state index in [1.165, 1.54) is 0 Å². The number of halogens is 2. The van der Waals surface area contributed by atoms with Crippen LogP contribution in [0.2, 0.25) is 5.02 Å². The molecule has 1 aromatic carbocycles. The van der Waals surface area contributed by atoms with Gasteiger partial charge in [0.15, 0.2) is 0 Å². The molecule has 0 fully saturated rings. The van der Waals surface area contributed by atoms with Crippen LogP contribution in [0.15, 0.2) is 42.6 Å². The zero-order valence-corrected chi connectivity index (χ0v) is 15.9. The lowest BCUT2D eigenvalue weighted by molar-refractivity contribution is -0.132. The van der Waals surface area contributed by atoms with Crippen molar-refractivity contribution in [2.24, 2.45) is 5.92 Å². The summed E-state index contributed by atoms with van der Waals surface area (Å²) in [6, 6.07) is 12.0. The monoisotopic (exact) mass is 366 g/mol. The molecule has 2 rings (SSSR count). The van der Waals surface area contributed by atoms with Gasteiger partial charge in [-0.3, -0.25) is 4.79 Å². The Hall–Kier alpha value is -1.45. The Morgan fingerprint density at radius 3 is 2.58 bits per heavy atom. The fraction of sp³-hybridized carbons (Fsp3) is 0.421. The second-order valence-electron chi connectivity index (χ2n) is 6.40. The van der Waals surface area contributed by atoms with Gasteiger partial charge in [0.25, 0.3) is 0 Å². The van der Waals surface area contributed by atoms with Gasteiger partial charge in [0.2, 0.25) is 5.91 Å². The van der Waals surface area contributed by atoms with Crippen LogP contribution in [0.5, 0.6) is 0 Å². The first-order chi connectivity index (χ1) is 11.4. The Bertz CT molecular complexity index is 682. The third kappa shape index (κ3) is 4.78. The lowest BCUT2D eigenvalue weighted by Gasteiger charge is -2.32. The summed E-state index contributed by atoms with van der Waals surface area (Å²) in [5.41, 5.74) is 2.22. The molecule has 1 unspecified atom stereocenters. The molecule has 1 aromatic heterocycles. The van der Waals surface area contributed by atoms with E-state index in [4.69, 9.17) is 23.2 Å². The van der Waals surface area contributed by atoms with Gasteiger partial charge in [0.1, 0.15) is 5.88 Å². The van der Waals surface area contributed by atoms with E-state index in [0.717, 1.165) is 22.8 Å². The summed E-state index contributed by atoms with van der Waals surface area (Å²) in [5.74, 6) is 0.341. The molecular formula is C19H24Cl2N2O. The molecule has 0 aliphatic heterocycles. The van der Waals surface area contributed by atoms with Crippen molar-refractivity contribution < 1.29 is 4.79 Å². The number of benzene rings is 1. The molecule has 0 bridgehead atoms. The third-order valence-electron chi connectivity index (χ3n) is 4.39. The summed E-state index contributed by atoms with van der Waals surface area (Å²) in [5, 5.41) is 0.730. The van der Waals surface area contributed by atoms with Gasteiger partial charge < -0.3 is 9.47 Å². The first kappa shape index (κ1) is 18.9. The Labute approximate surface area is 154 Å². The number of nitrogens with zero attached hydrogens (tertiary/aromatic N) is 2. The van der Waals surface area contributed by atoms with Crippen molar-refractivity contribution in [3.8, 4) is 0 Å². The Morgan fingerprint density at radius 2 is 1.96 bits per heavy atom. The normalized spacial score (nSPS) is 12.4. The molecule has 0 N–H and O–H groups in total. The molecule has 0 radical (unpaired) electrons. The molecule has 5 heteroatoms. The van der Waals surface area contributed by atoms with Gasteiger partial charge in [0.05, 0.1) is 6.54 Å². The summed E-state index contributed by atoms with van der Waals surface area (Å²) in [4.78, 5) is 14.1. The summed E-state index contributed by atoms with van der Waals surface area (Å²) >= 11 is 11.9. The predicted octanol–water partition coefficient (Wildman–Crippen LogP) is 4.80. The second-order valence-corrected chi connectivity index (χ2v) is 7.10. The highest BCUT2D eigenvalue weighted by Crippen LogP contribution is 2.18. The molecule has 0 spiro atoms. The van der Waals surface area contributed by atoms with E-state index >= 15 is 0 Å². The van der Waals surface area contributed by atoms with E-state index in [1.807, 2.05) is 47.5 Å². The fourth-order valence-corrected chi connectivity index (χ4v) is 3.02. The number of alkyl halides is 1. The zero-order chi connectivity index (χ0) is 17.7. The highest BCUT2D eigenvalue weighted by molar-refractivity contribution is 6.30. The van der Waals surface area contributed by atoms with Crippen molar-refractivity contribution in [2.45, 2.75) is 39.9 Å². The third-order valence-corrected chi connectivity index (χ3v) is 4.85. The minimum absolute atomic E-state index is 0.00601. The van der Waals surface area contributed by atoms with E-state index in [0.29, 0.717) is 12.5 Å². The van der Waals surface area contributed by atoms with Crippen LogP contribution in [0.4, 0.5) is 0 Å². The number of carbonyl (C=O) groups is 1. The first-order valence-electron chi connectivity index (χ1n) is 8.16. The molecule has 1 atom stereocenters. The van der Waals surface area contributed by atoms with Crippen LogP contribution in [0, 0.1) is 5.92 Å². The number of aromatic nitrogens is 1. The number of amides is 1. The van der Waals surface area contributed by atoms with Gasteiger partial charge in [-0.1, -0.05) is 37.6 Å². The zero-order valence-electron chi connectivity index (χ0n) is 14.4. The molecule has 0 aliphatic carbocycles. The summed E-state index contributed by atoms with van der Waals surface area (Å²) in [7, 11) is 0. The van der Waals surface area contributed by atoms with Crippen molar-refractivity contribution in [2.75, 3.05) is 5.88 Å². The smallest absolute Gasteiger partial charge is 0.238 e. The SMILES string of the molecule is CC(C)C(C)N(Cc1cccn1Cc1cccc(Cl)c1)C(=O)CCl. The highest BCUT2D eigenvalue weighted by Gasteiger charge is 2.23. The number of hydrogen-bond acceptors (Lipinski definition) is 1. The molecule has 0 saturated carbocycles. The van der Waals surface area contributed by atoms with Crippen LogP contribution in [-0.2, 0) is 17.9 Å². The Kier molecular flexibility index (Phi) is 6.76. The maximum Gasteiger partial charge on any atom is 0.238 e. The predicted molar refractivity (Wildman–Crippen MR) is 101 cm³/mol. The van der Waals surface area contributed by atoms with E-state index in [2.05, 4.69) is 25.3 Å².